The number of nitrogens with zero attached hydrogens (tertiary/aromatic N) is 3. The van der Waals surface area contributed by atoms with Gasteiger partial charge in [0.05, 0.1) is 11.7 Å². The molecule has 0 aliphatic rings. The lowest BCUT2D eigenvalue weighted by atomic mass is 10.3. The van der Waals surface area contributed by atoms with Gasteiger partial charge in [0.2, 0.25) is 0 Å². The van der Waals surface area contributed by atoms with Crippen LogP contribution < -0.4 is 4.74 Å². The third-order valence-electron chi connectivity index (χ3n) is 2.30. The van der Waals surface area contributed by atoms with E-state index in [1.165, 1.54) is 0 Å². The second-order valence-electron chi connectivity index (χ2n) is 3.94. The van der Waals surface area contributed by atoms with Crippen LogP contribution in [0.25, 0.3) is 11.0 Å². The fraction of sp³-hybridized carbons (Fsp3) is 0.333. The minimum Gasteiger partial charge on any atom is -0.489 e. The summed E-state index contributed by atoms with van der Waals surface area (Å²) in [7, 11) is 1.89. The van der Waals surface area contributed by atoms with Crippen LogP contribution in [0.3, 0.4) is 0 Å². The Morgan fingerprint density at radius 3 is 2.88 bits per heavy atom. The second-order valence-corrected chi connectivity index (χ2v) is 3.94. The van der Waals surface area contributed by atoms with Crippen molar-refractivity contribution in [1.29, 1.82) is 5.26 Å². The minimum atomic E-state index is 0.103. The first kappa shape index (κ1) is 10.5. The van der Waals surface area contributed by atoms with E-state index in [4.69, 9.17) is 10.00 Å². The Morgan fingerprint density at radius 1 is 1.50 bits per heavy atom. The van der Waals surface area contributed by atoms with Gasteiger partial charge in [0.25, 0.3) is 0 Å². The van der Waals surface area contributed by atoms with Crippen molar-refractivity contribution in [2.45, 2.75) is 20.0 Å². The molecule has 0 aliphatic heterocycles. The van der Waals surface area contributed by atoms with Crippen LogP contribution in [0.1, 0.15) is 19.4 Å². The summed E-state index contributed by atoms with van der Waals surface area (Å²) in [4.78, 5) is 4.22. The SMILES string of the molecule is CC(C)Oc1ccnc2c(C#N)cn(C)c12. The zero-order valence-electron chi connectivity index (χ0n) is 9.56. The predicted octanol–water partition coefficient (Wildman–Crippen LogP) is 2.23. The Balaban J connectivity index is 2.68. The third-order valence-corrected chi connectivity index (χ3v) is 2.30. The molecule has 4 heteroatoms. The molecule has 0 saturated carbocycles. The summed E-state index contributed by atoms with van der Waals surface area (Å²) in [5, 5.41) is 8.98. The van der Waals surface area contributed by atoms with Crippen molar-refractivity contribution in [2.75, 3.05) is 0 Å². The molecule has 2 aromatic rings. The second kappa shape index (κ2) is 3.86. The normalized spacial score (nSPS) is 10.7. The number of hydrogen-bond acceptors (Lipinski definition) is 3. The fourth-order valence-corrected chi connectivity index (χ4v) is 1.72. The molecule has 0 aliphatic carbocycles. The van der Waals surface area contributed by atoms with Gasteiger partial charge in [-0.25, -0.2) is 0 Å². The number of aromatic nitrogens is 2. The maximum absolute atomic E-state index is 8.98. The predicted molar refractivity (Wildman–Crippen MR) is 61.2 cm³/mol. The summed E-state index contributed by atoms with van der Waals surface area (Å²) in [6.07, 6.45) is 3.54. The van der Waals surface area contributed by atoms with Crippen molar-refractivity contribution in [2.24, 2.45) is 7.05 Å². The van der Waals surface area contributed by atoms with Crippen LogP contribution >= 0.6 is 0 Å². The molecular formula is C12H13N3O. The molecule has 2 heterocycles. The van der Waals surface area contributed by atoms with Gasteiger partial charge in [-0.05, 0) is 13.8 Å². The lowest BCUT2D eigenvalue weighted by molar-refractivity contribution is 0.244. The van der Waals surface area contributed by atoms with Crippen LogP contribution in [0, 0.1) is 11.3 Å². The number of aryl methyl sites for hydroxylation is 1. The summed E-state index contributed by atoms with van der Waals surface area (Å²) in [6.45, 7) is 3.95. The Kier molecular flexibility index (Phi) is 2.53. The van der Waals surface area contributed by atoms with E-state index in [1.807, 2.05) is 31.5 Å². The van der Waals surface area contributed by atoms with E-state index in [0.717, 1.165) is 11.3 Å². The van der Waals surface area contributed by atoms with E-state index < -0.39 is 0 Å². The van der Waals surface area contributed by atoms with E-state index in [-0.39, 0.29) is 6.10 Å². The van der Waals surface area contributed by atoms with Crippen LogP contribution in [0.4, 0.5) is 0 Å². The van der Waals surface area contributed by atoms with Crippen molar-refractivity contribution in [3.8, 4) is 11.8 Å². The van der Waals surface area contributed by atoms with Crippen molar-refractivity contribution in [3.05, 3.63) is 24.0 Å². The monoisotopic (exact) mass is 215 g/mol. The number of rotatable bonds is 2. The average Bonchev–Trinajstić information content (AvgIpc) is 2.56. The first-order valence-electron chi connectivity index (χ1n) is 5.14. The number of hydrogen-bond donors (Lipinski definition) is 0. The maximum Gasteiger partial charge on any atom is 0.147 e. The number of ether oxygens (including phenoxy) is 1. The molecule has 16 heavy (non-hydrogen) atoms. The quantitative estimate of drug-likeness (QED) is 0.771. The van der Waals surface area contributed by atoms with E-state index in [1.54, 1.807) is 12.4 Å². The molecule has 0 spiro atoms. The molecule has 82 valence electrons. The first-order chi connectivity index (χ1) is 7.63. The van der Waals surface area contributed by atoms with Crippen molar-refractivity contribution in [3.63, 3.8) is 0 Å². The molecule has 0 saturated heterocycles. The highest BCUT2D eigenvalue weighted by Gasteiger charge is 2.12. The van der Waals surface area contributed by atoms with Crippen LogP contribution in [-0.4, -0.2) is 15.7 Å². The van der Waals surface area contributed by atoms with E-state index in [9.17, 15) is 0 Å². The Bertz CT molecular complexity index is 563. The van der Waals surface area contributed by atoms with Gasteiger partial charge in [-0.3, -0.25) is 4.98 Å². The van der Waals surface area contributed by atoms with Gasteiger partial charge in [0, 0.05) is 25.5 Å². The van der Waals surface area contributed by atoms with Crippen molar-refractivity contribution in [1.82, 2.24) is 9.55 Å². The summed E-state index contributed by atoms with van der Waals surface area (Å²) in [5.74, 6) is 0.768. The van der Waals surface area contributed by atoms with E-state index in [2.05, 4.69) is 11.1 Å². The Hall–Kier alpha value is -2.02. The number of pyridine rings is 1. The van der Waals surface area contributed by atoms with Gasteiger partial charge < -0.3 is 9.30 Å². The molecule has 0 unspecified atom stereocenters. The van der Waals surface area contributed by atoms with Crippen molar-refractivity contribution < 1.29 is 4.74 Å². The van der Waals surface area contributed by atoms with Gasteiger partial charge >= 0.3 is 0 Å². The van der Waals surface area contributed by atoms with E-state index >= 15 is 0 Å². The standard InChI is InChI=1S/C12H13N3O/c1-8(2)16-10-4-5-14-11-9(6-13)7-15(3)12(10)11/h4-5,7-8H,1-3H3. The number of nitriles is 1. The number of fused-ring (bicyclic) bond motifs is 1. The molecule has 0 bridgehead atoms. The zero-order valence-corrected chi connectivity index (χ0v) is 9.56. The molecule has 0 aromatic carbocycles. The molecule has 0 N–H and O–H groups in total. The molecule has 0 radical (unpaired) electrons. The third kappa shape index (κ3) is 1.61. The van der Waals surface area contributed by atoms with Crippen LogP contribution in [0.15, 0.2) is 18.5 Å². The average molecular weight is 215 g/mol. The van der Waals surface area contributed by atoms with Gasteiger partial charge in [0.1, 0.15) is 22.9 Å². The lowest BCUT2D eigenvalue weighted by Crippen LogP contribution is -2.06. The zero-order chi connectivity index (χ0) is 11.7. The van der Waals surface area contributed by atoms with Crippen LogP contribution in [0.2, 0.25) is 0 Å². The fourth-order valence-electron chi connectivity index (χ4n) is 1.72. The van der Waals surface area contributed by atoms with Gasteiger partial charge in [-0.2, -0.15) is 5.26 Å². The first-order valence-corrected chi connectivity index (χ1v) is 5.14. The summed E-state index contributed by atoms with van der Waals surface area (Å²) in [6, 6.07) is 3.96. The van der Waals surface area contributed by atoms with E-state index in [0.29, 0.717) is 11.1 Å². The molecular weight excluding hydrogens is 202 g/mol. The van der Waals surface area contributed by atoms with Gasteiger partial charge in [0.15, 0.2) is 0 Å². The smallest absolute Gasteiger partial charge is 0.147 e. The van der Waals surface area contributed by atoms with Crippen LogP contribution in [-0.2, 0) is 7.05 Å². The highest BCUT2D eigenvalue weighted by atomic mass is 16.5. The maximum atomic E-state index is 8.98. The lowest BCUT2D eigenvalue weighted by Gasteiger charge is -2.11. The summed E-state index contributed by atoms with van der Waals surface area (Å²) in [5.41, 5.74) is 2.14. The van der Waals surface area contributed by atoms with Gasteiger partial charge in [-0.15, -0.1) is 0 Å². The highest BCUT2D eigenvalue weighted by Crippen LogP contribution is 2.27. The Morgan fingerprint density at radius 2 is 2.25 bits per heavy atom. The van der Waals surface area contributed by atoms with Crippen LogP contribution in [0.5, 0.6) is 5.75 Å². The minimum absolute atomic E-state index is 0.103. The largest absolute Gasteiger partial charge is 0.489 e. The molecule has 4 nitrogen and oxygen atoms in total. The Labute approximate surface area is 94.1 Å². The topological polar surface area (TPSA) is 50.8 Å². The molecule has 0 fully saturated rings. The summed E-state index contributed by atoms with van der Waals surface area (Å²) < 4.78 is 7.57. The van der Waals surface area contributed by atoms with Gasteiger partial charge in [-0.1, -0.05) is 0 Å². The highest BCUT2D eigenvalue weighted by molar-refractivity contribution is 5.87. The molecule has 2 rings (SSSR count). The summed E-state index contributed by atoms with van der Waals surface area (Å²) >= 11 is 0. The molecule has 0 atom stereocenters. The molecule has 2 aromatic heterocycles. The van der Waals surface area contributed by atoms with Crippen molar-refractivity contribution >= 4 is 11.0 Å². The molecule has 0 amide bonds.